The number of carbonyl (C=O) groups is 1. The number of hydrazone groups is 1. The molecule has 2 heterocycles. The van der Waals surface area contributed by atoms with Gasteiger partial charge in [0.25, 0.3) is 5.91 Å². The fourth-order valence-electron chi connectivity index (χ4n) is 2.26. The molecular formula is C16H16BrClN8O. The average molecular weight is 452 g/mol. The Labute approximate surface area is 168 Å². The van der Waals surface area contributed by atoms with Crippen molar-refractivity contribution in [2.24, 2.45) is 5.10 Å². The van der Waals surface area contributed by atoms with E-state index >= 15 is 0 Å². The quantitative estimate of drug-likeness (QED) is 0.457. The Morgan fingerprint density at radius 2 is 2.04 bits per heavy atom. The summed E-state index contributed by atoms with van der Waals surface area (Å²) in [4.78, 5) is 13.1. The van der Waals surface area contributed by atoms with E-state index in [1.165, 1.54) is 11.0 Å². The smallest absolute Gasteiger partial charge is 0.263 e. The molecule has 0 fully saturated rings. The fraction of sp³-hybridized carbons (Fsp3) is 0.250. The van der Waals surface area contributed by atoms with Gasteiger partial charge in [0.05, 0.1) is 22.1 Å². The standard InChI is InChI=1S/C16H16BrClN8O/c1-10-16(17)11(2)25(22-10)8-14-20-24-26(23-14)9-15(27)21-19-7-12-3-5-13(18)6-4-12/h3-7H,8-9H2,1-2H3,(H,21,27)/b19-7+. The minimum Gasteiger partial charge on any atom is -0.271 e. The molecule has 27 heavy (non-hydrogen) atoms. The van der Waals surface area contributed by atoms with Crippen molar-refractivity contribution in [1.82, 2.24) is 35.4 Å². The molecule has 0 aliphatic rings. The van der Waals surface area contributed by atoms with Crippen molar-refractivity contribution in [2.45, 2.75) is 26.9 Å². The van der Waals surface area contributed by atoms with Crippen LogP contribution in [-0.4, -0.2) is 42.1 Å². The number of carbonyl (C=O) groups excluding carboxylic acids is 1. The van der Waals surface area contributed by atoms with Crippen molar-refractivity contribution in [3.8, 4) is 0 Å². The fourth-order valence-corrected chi connectivity index (χ4v) is 2.67. The molecule has 0 aliphatic heterocycles. The molecule has 0 atom stereocenters. The van der Waals surface area contributed by atoms with E-state index in [2.05, 4.69) is 47.0 Å². The molecule has 0 unspecified atom stereocenters. The molecule has 9 nitrogen and oxygen atoms in total. The summed E-state index contributed by atoms with van der Waals surface area (Å²) in [5, 5.41) is 21.0. The second-order valence-corrected chi connectivity index (χ2v) is 6.95. The first-order valence-corrected chi connectivity index (χ1v) is 9.13. The Morgan fingerprint density at radius 1 is 1.30 bits per heavy atom. The van der Waals surface area contributed by atoms with Gasteiger partial charge in [0, 0.05) is 5.02 Å². The third-order valence-electron chi connectivity index (χ3n) is 3.64. The predicted molar refractivity (Wildman–Crippen MR) is 104 cm³/mol. The summed E-state index contributed by atoms with van der Waals surface area (Å²) in [6.45, 7) is 4.13. The van der Waals surface area contributed by atoms with Crippen LogP contribution >= 0.6 is 27.5 Å². The lowest BCUT2D eigenvalue weighted by Crippen LogP contribution is -2.24. The summed E-state index contributed by atoms with van der Waals surface area (Å²) < 4.78 is 2.73. The summed E-state index contributed by atoms with van der Waals surface area (Å²) in [7, 11) is 0. The van der Waals surface area contributed by atoms with Gasteiger partial charge in [-0.1, -0.05) is 23.7 Å². The Morgan fingerprint density at radius 3 is 2.70 bits per heavy atom. The van der Waals surface area contributed by atoms with Crippen LogP contribution in [0.2, 0.25) is 5.02 Å². The number of nitrogens with zero attached hydrogens (tertiary/aromatic N) is 7. The second-order valence-electron chi connectivity index (χ2n) is 5.72. The molecule has 0 saturated carbocycles. The summed E-state index contributed by atoms with van der Waals surface area (Å²) in [5.41, 5.74) is 5.09. The maximum atomic E-state index is 11.9. The molecule has 3 rings (SSSR count). The number of aromatic nitrogens is 6. The number of rotatable bonds is 6. The average Bonchev–Trinajstić information content (AvgIpc) is 3.17. The van der Waals surface area contributed by atoms with Crippen LogP contribution in [0.5, 0.6) is 0 Å². The Kier molecular flexibility index (Phi) is 5.97. The molecule has 140 valence electrons. The minimum atomic E-state index is -0.363. The normalized spacial score (nSPS) is 11.3. The molecule has 3 aromatic rings. The van der Waals surface area contributed by atoms with E-state index in [9.17, 15) is 4.79 Å². The van der Waals surface area contributed by atoms with Gasteiger partial charge in [0.2, 0.25) is 0 Å². The number of hydrogen-bond donors (Lipinski definition) is 1. The topological polar surface area (TPSA) is 103 Å². The molecule has 2 aromatic heterocycles. The Balaban J connectivity index is 1.54. The van der Waals surface area contributed by atoms with Gasteiger partial charge in [0.1, 0.15) is 13.1 Å². The van der Waals surface area contributed by atoms with Gasteiger partial charge in [-0.3, -0.25) is 9.48 Å². The van der Waals surface area contributed by atoms with Crippen molar-refractivity contribution in [2.75, 3.05) is 0 Å². The third-order valence-corrected chi connectivity index (χ3v) is 5.04. The zero-order chi connectivity index (χ0) is 19.4. The molecule has 11 heteroatoms. The van der Waals surface area contributed by atoms with Crippen LogP contribution in [0.25, 0.3) is 0 Å². The predicted octanol–water partition coefficient (Wildman–Crippen LogP) is 2.10. The molecule has 0 aliphatic carbocycles. The van der Waals surface area contributed by atoms with Crippen molar-refractivity contribution in [3.05, 3.63) is 56.5 Å². The molecule has 0 saturated heterocycles. The van der Waals surface area contributed by atoms with Gasteiger partial charge in [-0.25, -0.2) is 5.43 Å². The van der Waals surface area contributed by atoms with Crippen molar-refractivity contribution in [1.29, 1.82) is 0 Å². The van der Waals surface area contributed by atoms with E-state index in [0.29, 0.717) is 17.4 Å². The van der Waals surface area contributed by atoms with Crippen LogP contribution < -0.4 is 5.43 Å². The van der Waals surface area contributed by atoms with Gasteiger partial charge in [-0.05, 0) is 52.7 Å². The van der Waals surface area contributed by atoms with Gasteiger partial charge in [0.15, 0.2) is 5.82 Å². The number of halogens is 2. The van der Waals surface area contributed by atoms with E-state index in [1.54, 1.807) is 28.9 Å². The van der Waals surface area contributed by atoms with E-state index in [4.69, 9.17) is 11.6 Å². The highest BCUT2D eigenvalue weighted by atomic mass is 79.9. The maximum Gasteiger partial charge on any atom is 0.263 e. The first kappa shape index (κ1) is 19.2. The van der Waals surface area contributed by atoms with E-state index in [1.807, 2.05) is 13.8 Å². The van der Waals surface area contributed by atoms with Gasteiger partial charge < -0.3 is 0 Å². The van der Waals surface area contributed by atoms with E-state index < -0.39 is 0 Å². The molecular weight excluding hydrogens is 436 g/mol. The molecule has 0 radical (unpaired) electrons. The van der Waals surface area contributed by atoms with Crippen LogP contribution in [0.3, 0.4) is 0 Å². The van der Waals surface area contributed by atoms with Crippen LogP contribution in [0.15, 0.2) is 33.8 Å². The van der Waals surface area contributed by atoms with Crippen molar-refractivity contribution < 1.29 is 4.79 Å². The number of aryl methyl sites for hydroxylation is 1. The second kappa shape index (κ2) is 8.40. The summed E-state index contributed by atoms with van der Waals surface area (Å²) in [5.74, 6) is 0.101. The van der Waals surface area contributed by atoms with Crippen molar-refractivity contribution in [3.63, 3.8) is 0 Å². The summed E-state index contributed by atoms with van der Waals surface area (Å²) in [6.07, 6.45) is 1.52. The zero-order valence-corrected chi connectivity index (χ0v) is 16.9. The maximum absolute atomic E-state index is 11.9. The summed E-state index contributed by atoms with van der Waals surface area (Å²) in [6, 6.07) is 7.07. The lowest BCUT2D eigenvalue weighted by atomic mass is 10.2. The Bertz CT molecular complexity index is 979. The van der Waals surface area contributed by atoms with Crippen LogP contribution in [0.4, 0.5) is 0 Å². The molecule has 1 N–H and O–H groups in total. The summed E-state index contributed by atoms with van der Waals surface area (Å²) >= 11 is 9.29. The number of benzene rings is 1. The van der Waals surface area contributed by atoms with Gasteiger partial charge in [-0.2, -0.15) is 15.0 Å². The van der Waals surface area contributed by atoms with Gasteiger partial charge in [-0.15, -0.1) is 10.2 Å². The lowest BCUT2D eigenvalue weighted by molar-refractivity contribution is -0.122. The van der Waals surface area contributed by atoms with Crippen LogP contribution in [0, 0.1) is 13.8 Å². The number of amides is 1. The molecule has 1 amide bonds. The highest BCUT2D eigenvalue weighted by molar-refractivity contribution is 9.10. The van der Waals surface area contributed by atoms with E-state index in [-0.39, 0.29) is 12.5 Å². The van der Waals surface area contributed by atoms with Crippen molar-refractivity contribution >= 4 is 39.7 Å². The van der Waals surface area contributed by atoms with Crippen LogP contribution in [0.1, 0.15) is 22.8 Å². The minimum absolute atomic E-state index is 0.0915. The van der Waals surface area contributed by atoms with E-state index in [0.717, 1.165) is 21.4 Å². The zero-order valence-electron chi connectivity index (χ0n) is 14.6. The number of hydrogen-bond acceptors (Lipinski definition) is 6. The largest absolute Gasteiger partial charge is 0.271 e. The van der Waals surface area contributed by atoms with Gasteiger partial charge >= 0.3 is 0 Å². The number of tetrazole rings is 1. The molecule has 1 aromatic carbocycles. The third kappa shape index (κ3) is 4.98. The molecule has 0 bridgehead atoms. The number of nitrogens with one attached hydrogen (secondary N) is 1. The highest BCUT2D eigenvalue weighted by Gasteiger charge is 2.12. The monoisotopic (exact) mass is 450 g/mol. The Hall–Kier alpha value is -2.59. The highest BCUT2D eigenvalue weighted by Crippen LogP contribution is 2.19. The first-order valence-electron chi connectivity index (χ1n) is 7.96. The SMILES string of the molecule is Cc1nn(Cc2nnn(CC(=O)N/N=C/c3ccc(Cl)cc3)n2)c(C)c1Br. The molecule has 0 spiro atoms. The van der Waals surface area contributed by atoms with Crippen LogP contribution in [-0.2, 0) is 17.9 Å². The first-order chi connectivity index (χ1) is 12.9. The lowest BCUT2D eigenvalue weighted by Gasteiger charge is -2.00.